The van der Waals surface area contributed by atoms with Crippen molar-refractivity contribution in [1.82, 2.24) is 15.2 Å². The highest BCUT2D eigenvalue weighted by Crippen LogP contribution is 2.28. The van der Waals surface area contributed by atoms with Crippen LogP contribution in [0.1, 0.15) is 22.5 Å². The van der Waals surface area contributed by atoms with Crippen LogP contribution in [-0.2, 0) is 0 Å². The first-order valence-corrected chi connectivity index (χ1v) is 9.07. The van der Waals surface area contributed by atoms with Crippen LogP contribution in [0.15, 0.2) is 30.5 Å². The number of amides is 1. The highest BCUT2D eigenvalue weighted by atomic mass is 35.5. The van der Waals surface area contributed by atoms with Crippen molar-refractivity contribution in [3.63, 3.8) is 0 Å². The molecule has 2 heterocycles. The lowest BCUT2D eigenvalue weighted by Crippen LogP contribution is -2.42. The number of hydrogen-bond acceptors (Lipinski definition) is 5. The second-order valence-corrected chi connectivity index (χ2v) is 7.11. The largest absolute Gasteiger partial charge is 0.497 e. The van der Waals surface area contributed by atoms with E-state index in [1.807, 2.05) is 36.2 Å². The molecule has 136 valence electrons. The van der Waals surface area contributed by atoms with Crippen LogP contribution in [-0.4, -0.2) is 49.6 Å². The van der Waals surface area contributed by atoms with Gasteiger partial charge in [-0.25, -0.2) is 4.98 Å². The number of piperidine rings is 1. The second kappa shape index (κ2) is 9.17. The summed E-state index contributed by atoms with van der Waals surface area (Å²) in [5, 5.41) is 4.08. The molecule has 0 aliphatic carbocycles. The Bertz CT molecular complexity index is 688. The monoisotopic (exact) mass is 381 g/mol. The van der Waals surface area contributed by atoms with Crippen LogP contribution < -0.4 is 10.1 Å². The zero-order valence-corrected chi connectivity index (χ0v) is 16.2. The molecule has 1 aromatic heterocycles. The van der Waals surface area contributed by atoms with Gasteiger partial charge in [-0.15, -0.1) is 23.7 Å². The number of likely N-dealkylation sites (tertiary alicyclic amines) is 1. The van der Waals surface area contributed by atoms with Gasteiger partial charge in [-0.3, -0.25) is 4.79 Å². The predicted molar refractivity (Wildman–Crippen MR) is 104 cm³/mol. The molecule has 1 unspecified atom stereocenters. The van der Waals surface area contributed by atoms with E-state index in [1.165, 1.54) is 17.8 Å². The van der Waals surface area contributed by atoms with Crippen LogP contribution in [0, 0.1) is 5.92 Å². The van der Waals surface area contributed by atoms with Crippen LogP contribution in [0.3, 0.4) is 0 Å². The standard InChI is InChI=1S/C18H23N3O2S.ClH/c1-19-10-13-4-3-9-21(12-13)18(22)16-11-20-17(24-16)14-5-7-15(23-2)8-6-14;/h5-8,11,13,19H,3-4,9-10,12H2,1-2H3;1H. The summed E-state index contributed by atoms with van der Waals surface area (Å²) < 4.78 is 5.17. The van der Waals surface area contributed by atoms with Gasteiger partial charge in [-0.1, -0.05) is 0 Å². The highest BCUT2D eigenvalue weighted by molar-refractivity contribution is 7.16. The molecule has 3 rings (SSSR count). The fourth-order valence-electron chi connectivity index (χ4n) is 3.10. The van der Waals surface area contributed by atoms with E-state index < -0.39 is 0 Å². The minimum Gasteiger partial charge on any atom is -0.497 e. The maximum atomic E-state index is 12.8. The Labute approximate surface area is 158 Å². The Morgan fingerprint density at radius 3 is 2.84 bits per heavy atom. The van der Waals surface area contributed by atoms with Gasteiger partial charge in [0.1, 0.15) is 15.6 Å². The third-order valence-corrected chi connectivity index (χ3v) is 5.39. The molecule has 0 radical (unpaired) electrons. The summed E-state index contributed by atoms with van der Waals surface area (Å²) in [7, 11) is 3.61. The summed E-state index contributed by atoms with van der Waals surface area (Å²) in [5.74, 6) is 1.46. The van der Waals surface area contributed by atoms with Crippen molar-refractivity contribution < 1.29 is 9.53 Å². The molecule has 1 aromatic carbocycles. The average Bonchev–Trinajstić information content (AvgIpc) is 3.12. The van der Waals surface area contributed by atoms with Gasteiger partial charge in [0, 0.05) is 18.7 Å². The van der Waals surface area contributed by atoms with Crippen molar-refractivity contribution in [2.75, 3.05) is 33.8 Å². The average molecular weight is 382 g/mol. The molecule has 5 nitrogen and oxygen atoms in total. The lowest BCUT2D eigenvalue weighted by molar-refractivity contribution is 0.0679. The van der Waals surface area contributed by atoms with Crippen LogP contribution in [0.5, 0.6) is 5.75 Å². The number of methoxy groups -OCH3 is 1. The maximum absolute atomic E-state index is 12.8. The van der Waals surface area contributed by atoms with Crippen molar-refractivity contribution in [3.05, 3.63) is 35.3 Å². The van der Waals surface area contributed by atoms with Crippen LogP contribution in [0.25, 0.3) is 10.6 Å². The fraction of sp³-hybridized carbons (Fsp3) is 0.444. The smallest absolute Gasteiger partial charge is 0.265 e. The first-order valence-electron chi connectivity index (χ1n) is 8.25. The van der Waals surface area contributed by atoms with Gasteiger partial charge in [0.15, 0.2) is 0 Å². The third-order valence-electron chi connectivity index (χ3n) is 4.35. The van der Waals surface area contributed by atoms with Gasteiger partial charge < -0.3 is 15.0 Å². The van der Waals surface area contributed by atoms with Crippen LogP contribution in [0.4, 0.5) is 0 Å². The first-order chi connectivity index (χ1) is 11.7. The van der Waals surface area contributed by atoms with Crippen molar-refractivity contribution >= 4 is 29.7 Å². The Balaban J connectivity index is 0.00000225. The van der Waals surface area contributed by atoms with Gasteiger partial charge in [-0.2, -0.15) is 0 Å². The zero-order valence-electron chi connectivity index (χ0n) is 14.5. The van der Waals surface area contributed by atoms with Crippen LogP contribution in [0.2, 0.25) is 0 Å². The number of halogens is 1. The molecule has 1 saturated heterocycles. The molecule has 7 heteroatoms. The molecule has 0 bridgehead atoms. The molecule has 2 aromatic rings. The molecule has 1 fully saturated rings. The van der Waals surface area contributed by atoms with E-state index in [1.54, 1.807) is 13.3 Å². The molecular formula is C18H24ClN3O2S. The SMILES string of the molecule is CNCC1CCCN(C(=O)c2cnc(-c3ccc(OC)cc3)s2)C1.Cl. The van der Waals surface area contributed by atoms with Crippen molar-refractivity contribution in [2.24, 2.45) is 5.92 Å². The number of hydrogen-bond donors (Lipinski definition) is 1. The molecule has 1 aliphatic heterocycles. The number of carbonyl (C=O) groups excluding carboxylic acids is 1. The van der Waals surface area contributed by atoms with E-state index >= 15 is 0 Å². The molecule has 1 amide bonds. The number of ether oxygens (including phenoxy) is 1. The minimum absolute atomic E-state index is 0. The van der Waals surface area contributed by atoms with Crippen molar-refractivity contribution in [2.45, 2.75) is 12.8 Å². The van der Waals surface area contributed by atoms with E-state index in [4.69, 9.17) is 4.74 Å². The summed E-state index contributed by atoms with van der Waals surface area (Å²) in [6, 6.07) is 7.75. The third kappa shape index (κ3) is 4.71. The van der Waals surface area contributed by atoms with Gasteiger partial charge in [0.25, 0.3) is 5.91 Å². The molecule has 1 atom stereocenters. The van der Waals surface area contributed by atoms with E-state index in [0.29, 0.717) is 10.8 Å². The number of aromatic nitrogens is 1. The molecular weight excluding hydrogens is 358 g/mol. The normalized spacial score (nSPS) is 17.0. The molecule has 1 aliphatic rings. The summed E-state index contributed by atoms with van der Waals surface area (Å²) >= 11 is 1.46. The number of thiazole rings is 1. The minimum atomic E-state index is 0. The van der Waals surface area contributed by atoms with Crippen molar-refractivity contribution in [1.29, 1.82) is 0 Å². The molecule has 25 heavy (non-hydrogen) atoms. The van der Waals surface area contributed by atoms with Gasteiger partial charge >= 0.3 is 0 Å². The van der Waals surface area contributed by atoms with E-state index in [0.717, 1.165) is 42.4 Å². The Morgan fingerprint density at radius 1 is 1.40 bits per heavy atom. The number of carbonyl (C=O) groups is 1. The Hall–Kier alpha value is -1.63. The topological polar surface area (TPSA) is 54.5 Å². The fourth-order valence-corrected chi connectivity index (χ4v) is 3.99. The van der Waals surface area contributed by atoms with Crippen molar-refractivity contribution in [3.8, 4) is 16.3 Å². The van der Waals surface area contributed by atoms with E-state index in [2.05, 4.69) is 10.3 Å². The number of rotatable bonds is 5. The quantitative estimate of drug-likeness (QED) is 0.863. The van der Waals surface area contributed by atoms with Gasteiger partial charge in [0.05, 0.1) is 13.3 Å². The zero-order chi connectivity index (χ0) is 16.9. The maximum Gasteiger partial charge on any atom is 0.265 e. The number of nitrogens with one attached hydrogen (secondary N) is 1. The summed E-state index contributed by atoms with van der Waals surface area (Å²) in [4.78, 5) is 19.9. The van der Waals surface area contributed by atoms with Gasteiger partial charge in [-0.05, 0) is 56.6 Å². The first kappa shape index (κ1) is 19.7. The summed E-state index contributed by atoms with van der Waals surface area (Å²) in [6.07, 6.45) is 3.96. The number of nitrogens with zero attached hydrogens (tertiary/aromatic N) is 2. The lowest BCUT2D eigenvalue weighted by atomic mass is 9.98. The second-order valence-electron chi connectivity index (χ2n) is 6.08. The number of benzene rings is 1. The Morgan fingerprint density at radius 2 is 2.16 bits per heavy atom. The highest BCUT2D eigenvalue weighted by Gasteiger charge is 2.25. The predicted octanol–water partition coefficient (Wildman–Crippen LogP) is 3.31. The lowest BCUT2D eigenvalue weighted by Gasteiger charge is -2.32. The molecule has 0 saturated carbocycles. The van der Waals surface area contributed by atoms with E-state index in [-0.39, 0.29) is 18.3 Å². The van der Waals surface area contributed by atoms with Crippen LogP contribution >= 0.6 is 23.7 Å². The van der Waals surface area contributed by atoms with Gasteiger partial charge in [0.2, 0.25) is 0 Å². The van der Waals surface area contributed by atoms with E-state index in [9.17, 15) is 4.79 Å². The summed E-state index contributed by atoms with van der Waals surface area (Å²) in [5.41, 5.74) is 1.01. The Kier molecular flexibility index (Phi) is 7.23. The molecule has 1 N–H and O–H groups in total. The summed E-state index contributed by atoms with van der Waals surface area (Å²) in [6.45, 7) is 2.63. The molecule has 0 spiro atoms.